The van der Waals surface area contributed by atoms with E-state index in [1.807, 2.05) is 17.0 Å². The third-order valence-corrected chi connectivity index (χ3v) is 5.05. The molecule has 6 heteroatoms. The van der Waals surface area contributed by atoms with Gasteiger partial charge in [0.1, 0.15) is 0 Å². The minimum atomic E-state index is -0.189. The van der Waals surface area contributed by atoms with E-state index < -0.39 is 0 Å². The highest BCUT2D eigenvalue weighted by molar-refractivity contribution is 5.85. The second kappa shape index (κ2) is 8.83. The molecule has 3 rings (SSSR count). The van der Waals surface area contributed by atoms with Gasteiger partial charge in [0, 0.05) is 49.5 Å². The fourth-order valence-electron chi connectivity index (χ4n) is 3.55. The first kappa shape index (κ1) is 19.1. The Morgan fingerprint density at radius 1 is 1.30 bits per heavy atom. The van der Waals surface area contributed by atoms with Crippen molar-refractivity contribution in [2.45, 2.75) is 39.0 Å². The second-order valence-corrected chi connectivity index (χ2v) is 7.00. The van der Waals surface area contributed by atoms with Crippen LogP contribution in [0.4, 0.5) is 0 Å². The number of amides is 1. The van der Waals surface area contributed by atoms with E-state index >= 15 is 0 Å². The predicted molar refractivity (Wildman–Crippen MR) is 107 cm³/mol. The van der Waals surface area contributed by atoms with Crippen molar-refractivity contribution in [1.82, 2.24) is 20.4 Å². The monoisotopic (exact) mass is 366 g/mol. The molecule has 0 aliphatic carbocycles. The van der Waals surface area contributed by atoms with E-state index in [1.54, 1.807) is 13.0 Å². The molecule has 2 heterocycles. The Bertz CT molecular complexity index is 933. The standard InChI is InChI=1S/C21H26N4O2/c1-3-5-16-8-9-17-18(14-16)20(23-24-21(17)27)15(2)6-4-7-19(26)25-12-10-22-11-13-25/h8-9,14-15,22H,4,6-7,10-13H2,1-2H3,(H,24,27). The largest absolute Gasteiger partial charge is 0.340 e. The number of nitrogens with zero attached hydrogens (tertiary/aromatic N) is 2. The highest BCUT2D eigenvalue weighted by atomic mass is 16.2. The number of aromatic nitrogens is 2. The zero-order chi connectivity index (χ0) is 19.2. The summed E-state index contributed by atoms with van der Waals surface area (Å²) in [5.74, 6) is 6.29. The number of carbonyl (C=O) groups excluding carboxylic acids is 1. The molecule has 1 fully saturated rings. The quantitative estimate of drug-likeness (QED) is 0.794. The Morgan fingerprint density at radius 3 is 2.81 bits per heavy atom. The van der Waals surface area contributed by atoms with Crippen LogP contribution in [0.2, 0.25) is 0 Å². The van der Waals surface area contributed by atoms with Gasteiger partial charge in [0.05, 0.1) is 11.1 Å². The number of hydrogen-bond acceptors (Lipinski definition) is 4. The molecule has 0 saturated carbocycles. The maximum Gasteiger partial charge on any atom is 0.272 e. The zero-order valence-corrected chi connectivity index (χ0v) is 16.0. The number of piperazine rings is 1. The van der Waals surface area contributed by atoms with E-state index in [9.17, 15) is 9.59 Å². The molecule has 1 aromatic heterocycles. The number of hydrogen-bond donors (Lipinski definition) is 2. The van der Waals surface area contributed by atoms with Crippen LogP contribution in [-0.4, -0.2) is 47.2 Å². The van der Waals surface area contributed by atoms with Crippen molar-refractivity contribution >= 4 is 16.7 Å². The Hall–Kier alpha value is -2.65. The van der Waals surface area contributed by atoms with Gasteiger partial charge in [-0.3, -0.25) is 9.59 Å². The summed E-state index contributed by atoms with van der Waals surface area (Å²) in [7, 11) is 0. The first-order chi connectivity index (χ1) is 13.1. The van der Waals surface area contributed by atoms with E-state index in [1.165, 1.54) is 0 Å². The zero-order valence-electron chi connectivity index (χ0n) is 16.0. The Balaban J connectivity index is 1.71. The number of nitrogens with one attached hydrogen (secondary N) is 2. The van der Waals surface area contributed by atoms with E-state index in [2.05, 4.69) is 34.3 Å². The first-order valence-corrected chi connectivity index (χ1v) is 9.53. The van der Waals surface area contributed by atoms with Crippen molar-refractivity contribution in [2.24, 2.45) is 0 Å². The summed E-state index contributed by atoms with van der Waals surface area (Å²) < 4.78 is 0. The van der Waals surface area contributed by atoms with Crippen LogP contribution in [0.3, 0.4) is 0 Å². The van der Waals surface area contributed by atoms with Crippen LogP contribution in [-0.2, 0) is 4.79 Å². The Kier molecular flexibility index (Phi) is 6.25. The third-order valence-electron chi connectivity index (χ3n) is 5.05. The minimum absolute atomic E-state index is 0.144. The summed E-state index contributed by atoms with van der Waals surface area (Å²) in [6.07, 6.45) is 2.20. The van der Waals surface area contributed by atoms with Crippen LogP contribution in [0.25, 0.3) is 10.8 Å². The molecule has 6 nitrogen and oxygen atoms in total. The molecule has 1 amide bonds. The third kappa shape index (κ3) is 4.55. The molecular weight excluding hydrogens is 340 g/mol. The molecule has 1 aromatic carbocycles. The molecule has 1 aliphatic heterocycles. The number of rotatable bonds is 5. The topological polar surface area (TPSA) is 78.1 Å². The maximum absolute atomic E-state index is 12.3. The first-order valence-electron chi connectivity index (χ1n) is 9.53. The van der Waals surface area contributed by atoms with Gasteiger partial charge in [0.15, 0.2) is 0 Å². The van der Waals surface area contributed by atoms with Crippen molar-refractivity contribution in [3.63, 3.8) is 0 Å². The van der Waals surface area contributed by atoms with Gasteiger partial charge in [-0.25, -0.2) is 5.10 Å². The molecule has 1 saturated heterocycles. The molecular formula is C21H26N4O2. The van der Waals surface area contributed by atoms with Crippen molar-refractivity contribution in [3.05, 3.63) is 39.8 Å². The fourth-order valence-corrected chi connectivity index (χ4v) is 3.55. The second-order valence-electron chi connectivity index (χ2n) is 7.00. The number of benzene rings is 1. The molecule has 1 aliphatic rings. The lowest BCUT2D eigenvalue weighted by molar-refractivity contribution is -0.131. The predicted octanol–water partition coefficient (Wildman–Crippen LogP) is 2.00. The summed E-state index contributed by atoms with van der Waals surface area (Å²) >= 11 is 0. The Morgan fingerprint density at radius 2 is 2.07 bits per heavy atom. The van der Waals surface area contributed by atoms with E-state index in [0.717, 1.165) is 55.7 Å². The summed E-state index contributed by atoms with van der Waals surface area (Å²) in [4.78, 5) is 26.3. The average molecular weight is 366 g/mol. The molecule has 1 unspecified atom stereocenters. The van der Waals surface area contributed by atoms with E-state index in [0.29, 0.717) is 11.8 Å². The van der Waals surface area contributed by atoms with Crippen LogP contribution >= 0.6 is 0 Å². The number of H-pyrrole nitrogens is 1. The van der Waals surface area contributed by atoms with Crippen molar-refractivity contribution < 1.29 is 4.79 Å². The molecule has 2 N–H and O–H groups in total. The normalized spacial score (nSPS) is 15.3. The highest BCUT2D eigenvalue weighted by Crippen LogP contribution is 2.26. The summed E-state index contributed by atoms with van der Waals surface area (Å²) in [6.45, 7) is 7.22. The van der Waals surface area contributed by atoms with Crippen LogP contribution < -0.4 is 10.9 Å². The molecule has 142 valence electrons. The smallest absolute Gasteiger partial charge is 0.272 e. The minimum Gasteiger partial charge on any atom is -0.340 e. The molecule has 1 atom stereocenters. The summed E-state index contributed by atoms with van der Waals surface area (Å²) in [6, 6.07) is 5.60. The van der Waals surface area contributed by atoms with Gasteiger partial charge in [-0.05, 0) is 38.0 Å². The lowest BCUT2D eigenvalue weighted by atomic mass is 9.95. The van der Waals surface area contributed by atoms with Gasteiger partial charge in [-0.15, -0.1) is 5.92 Å². The maximum atomic E-state index is 12.3. The fraction of sp³-hybridized carbons (Fsp3) is 0.476. The van der Waals surface area contributed by atoms with Gasteiger partial charge in [-0.1, -0.05) is 12.8 Å². The number of fused-ring (bicyclic) bond motifs is 1. The van der Waals surface area contributed by atoms with Gasteiger partial charge in [0.25, 0.3) is 5.56 Å². The Labute approximate surface area is 159 Å². The van der Waals surface area contributed by atoms with Gasteiger partial charge in [0.2, 0.25) is 5.91 Å². The molecule has 0 bridgehead atoms. The van der Waals surface area contributed by atoms with Gasteiger partial charge in [-0.2, -0.15) is 5.10 Å². The van der Waals surface area contributed by atoms with Gasteiger partial charge >= 0.3 is 0 Å². The molecule has 0 spiro atoms. The van der Waals surface area contributed by atoms with Crippen LogP contribution in [0.1, 0.15) is 50.3 Å². The SMILES string of the molecule is CC#Cc1ccc2c(=O)[nH]nc(C(C)CCCC(=O)N3CCNCC3)c2c1. The van der Waals surface area contributed by atoms with E-state index in [-0.39, 0.29) is 17.4 Å². The van der Waals surface area contributed by atoms with Crippen molar-refractivity contribution in [3.8, 4) is 11.8 Å². The van der Waals surface area contributed by atoms with Crippen molar-refractivity contribution in [1.29, 1.82) is 0 Å². The highest BCUT2D eigenvalue weighted by Gasteiger charge is 2.18. The molecule has 2 aromatic rings. The summed E-state index contributed by atoms with van der Waals surface area (Å²) in [5, 5.41) is 11.6. The van der Waals surface area contributed by atoms with Gasteiger partial charge < -0.3 is 10.2 Å². The lowest BCUT2D eigenvalue weighted by Crippen LogP contribution is -2.46. The van der Waals surface area contributed by atoms with Crippen LogP contribution in [0, 0.1) is 11.8 Å². The number of carbonyl (C=O) groups is 1. The molecule has 0 radical (unpaired) electrons. The lowest BCUT2D eigenvalue weighted by Gasteiger charge is -2.27. The van der Waals surface area contributed by atoms with E-state index in [4.69, 9.17) is 0 Å². The van der Waals surface area contributed by atoms with Crippen LogP contribution in [0.15, 0.2) is 23.0 Å². The van der Waals surface area contributed by atoms with Crippen molar-refractivity contribution in [2.75, 3.05) is 26.2 Å². The van der Waals surface area contributed by atoms with Crippen LogP contribution in [0.5, 0.6) is 0 Å². The molecule has 27 heavy (non-hydrogen) atoms. The average Bonchev–Trinajstić information content (AvgIpc) is 2.69. The number of aromatic amines is 1. The summed E-state index contributed by atoms with van der Waals surface area (Å²) in [5.41, 5.74) is 1.55.